The molecule has 3 aromatic carbocycles. The van der Waals surface area contributed by atoms with Crippen LogP contribution >= 0.6 is 0 Å². The Morgan fingerprint density at radius 2 is 1.79 bits per heavy atom. The Morgan fingerprint density at radius 1 is 1.06 bits per heavy atom. The highest BCUT2D eigenvalue weighted by Gasteiger charge is 2.40. The van der Waals surface area contributed by atoms with Gasteiger partial charge < -0.3 is 15.1 Å². The number of phenols is 1. The number of nitrogens with zero attached hydrogens (tertiary/aromatic N) is 1. The quantitative estimate of drug-likeness (QED) is 0.431. The van der Waals surface area contributed by atoms with Gasteiger partial charge in [-0.3, -0.25) is 0 Å². The number of anilines is 1. The first-order valence-corrected chi connectivity index (χ1v) is 11.6. The predicted octanol–water partition coefficient (Wildman–Crippen LogP) is 6.16. The number of aryl methyl sites for hydroxylation is 1. The van der Waals surface area contributed by atoms with Crippen molar-refractivity contribution in [1.82, 2.24) is 0 Å². The van der Waals surface area contributed by atoms with Crippen LogP contribution in [0, 0.1) is 0 Å². The second-order valence-corrected chi connectivity index (χ2v) is 8.88. The number of hydrogen-bond donors (Lipinski definition) is 2. The Morgan fingerprint density at radius 3 is 2.45 bits per heavy atom. The van der Waals surface area contributed by atoms with Crippen LogP contribution in [0.2, 0.25) is 0 Å². The fourth-order valence-electron chi connectivity index (χ4n) is 4.87. The molecule has 33 heavy (non-hydrogen) atoms. The summed E-state index contributed by atoms with van der Waals surface area (Å²) in [6.07, 6.45) is 7.10. The van der Waals surface area contributed by atoms with Crippen LogP contribution in [0.25, 0.3) is 6.08 Å². The monoisotopic (exact) mass is 441 g/mol. The van der Waals surface area contributed by atoms with Crippen LogP contribution < -0.4 is 4.90 Å². The molecule has 2 N–H and O–H groups in total. The zero-order valence-electron chi connectivity index (χ0n) is 19.3. The highest BCUT2D eigenvalue weighted by atomic mass is 16.4. The van der Waals surface area contributed by atoms with Gasteiger partial charge in [0.15, 0.2) is 0 Å². The minimum Gasteiger partial charge on any atom is -0.508 e. The van der Waals surface area contributed by atoms with Gasteiger partial charge in [0.05, 0.1) is 5.54 Å². The minimum absolute atomic E-state index is 0.291. The Bertz CT molecular complexity index is 1150. The van der Waals surface area contributed by atoms with Crippen molar-refractivity contribution < 1.29 is 15.0 Å². The van der Waals surface area contributed by atoms with Crippen LogP contribution in [0.1, 0.15) is 54.5 Å². The third-order valence-corrected chi connectivity index (χ3v) is 6.72. The normalized spacial score (nSPS) is 17.8. The molecule has 1 unspecified atom stereocenters. The van der Waals surface area contributed by atoms with E-state index in [0.29, 0.717) is 5.75 Å². The number of carboxylic acid groups (broad SMARTS) is 1. The van der Waals surface area contributed by atoms with Gasteiger partial charge in [-0.1, -0.05) is 55.8 Å². The number of aliphatic carboxylic acids is 1. The van der Waals surface area contributed by atoms with E-state index >= 15 is 0 Å². The number of hydrogen-bond acceptors (Lipinski definition) is 3. The van der Waals surface area contributed by atoms with E-state index in [1.165, 1.54) is 29.7 Å². The number of carboxylic acids is 1. The van der Waals surface area contributed by atoms with Crippen molar-refractivity contribution in [3.63, 3.8) is 0 Å². The summed E-state index contributed by atoms with van der Waals surface area (Å²) in [6, 6.07) is 22.7. The lowest BCUT2D eigenvalue weighted by Crippen LogP contribution is -2.49. The molecule has 0 saturated carbocycles. The molecular formula is C29H31NO3. The standard InChI is InChI=1S/C29H31NO3/c1-3-4-5-21-8-13-25(14-9-21)30-19-18-23-20-26(31)15-16-27(23)29(30,2)24-11-6-22(7-12-24)10-17-28(32)33/h6-17,20,31H,3-5,18-19H2,1-2H3,(H,32,33). The molecule has 3 aromatic rings. The molecule has 4 rings (SSSR count). The average molecular weight is 442 g/mol. The van der Waals surface area contributed by atoms with Gasteiger partial charge in [0.25, 0.3) is 0 Å². The zero-order valence-corrected chi connectivity index (χ0v) is 19.3. The van der Waals surface area contributed by atoms with Gasteiger partial charge in [-0.2, -0.15) is 0 Å². The maximum absolute atomic E-state index is 10.9. The summed E-state index contributed by atoms with van der Waals surface area (Å²) in [4.78, 5) is 13.3. The summed E-state index contributed by atoms with van der Waals surface area (Å²) in [7, 11) is 0. The molecule has 0 aromatic heterocycles. The first-order chi connectivity index (χ1) is 15.9. The van der Waals surface area contributed by atoms with Gasteiger partial charge >= 0.3 is 5.97 Å². The van der Waals surface area contributed by atoms with Crippen LogP contribution in [0.3, 0.4) is 0 Å². The van der Waals surface area contributed by atoms with Gasteiger partial charge in [-0.25, -0.2) is 4.79 Å². The number of aromatic hydroxyl groups is 1. The molecule has 1 atom stereocenters. The summed E-state index contributed by atoms with van der Waals surface area (Å²) in [6.45, 7) is 5.28. The third kappa shape index (κ3) is 4.65. The maximum atomic E-state index is 10.9. The summed E-state index contributed by atoms with van der Waals surface area (Å²) in [5.74, 6) is -0.667. The van der Waals surface area contributed by atoms with Crippen LogP contribution in [0.15, 0.2) is 72.8 Å². The van der Waals surface area contributed by atoms with Gasteiger partial charge in [0.1, 0.15) is 5.75 Å². The van der Waals surface area contributed by atoms with Crippen molar-refractivity contribution in [2.24, 2.45) is 0 Å². The number of benzene rings is 3. The first-order valence-electron chi connectivity index (χ1n) is 11.6. The van der Waals surface area contributed by atoms with Crippen molar-refractivity contribution in [2.45, 2.75) is 45.1 Å². The summed E-state index contributed by atoms with van der Waals surface area (Å²) in [5.41, 5.74) is 6.40. The van der Waals surface area contributed by atoms with E-state index in [-0.39, 0.29) is 0 Å². The number of phenolic OH excluding ortho intramolecular Hbond substituents is 1. The number of unbranched alkanes of at least 4 members (excludes halogenated alkanes) is 1. The Kier molecular flexibility index (Phi) is 6.55. The van der Waals surface area contributed by atoms with Gasteiger partial charge in [0.2, 0.25) is 0 Å². The SMILES string of the molecule is CCCCc1ccc(N2CCc3cc(O)ccc3C2(C)c2ccc(C=CC(=O)O)cc2)cc1. The highest BCUT2D eigenvalue weighted by Crippen LogP contribution is 2.44. The molecule has 0 fully saturated rings. The molecule has 0 saturated heterocycles. The Hall–Kier alpha value is -3.53. The topological polar surface area (TPSA) is 60.8 Å². The third-order valence-electron chi connectivity index (χ3n) is 6.72. The van der Waals surface area contributed by atoms with Crippen molar-refractivity contribution in [3.05, 3.63) is 101 Å². The number of fused-ring (bicyclic) bond motifs is 1. The largest absolute Gasteiger partial charge is 0.508 e. The van der Waals surface area contributed by atoms with E-state index in [4.69, 9.17) is 5.11 Å². The van der Waals surface area contributed by atoms with E-state index < -0.39 is 11.5 Å². The molecule has 170 valence electrons. The molecular weight excluding hydrogens is 410 g/mol. The van der Waals surface area contributed by atoms with E-state index in [9.17, 15) is 9.90 Å². The van der Waals surface area contributed by atoms with Crippen LogP contribution in [0.4, 0.5) is 5.69 Å². The summed E-state index contributed by atoms with van der Waals surface area (Å²) < 4.78 is 0. The second-order valence-electron chi connectivity index (χ2n) is 8.88. The number of carbonyl (C=O) groups is 1. The molecule has 4 heteroatoms. The van der Waals surface area contributed by atoms with E-state index in [2.05, 4.69) is 55.1 Å². The molecule has 0 spiro atoms. The fraction of sp³-hybridized carbons (Fsp3) is 0.276. The molecule has 0 aliphatic carbocycles. The van der Waals surface area contributed by atoms with Gasteiger partial charge in [-0.05, 0) is 84.3 Å². The van der Waals surface area contributed by atoms with Gasteiger partial charge in [0, 0.05) is 18.3 Å². The Balaban J connectivity index is 1.76. The first kappa shape index (κ1) is 22.7. The molecule has 4 nitrogen and oxygen atoms in total. The second kappa shape index (κ2) is 9.53. The minimum atomic E-state index is -0.958. The molecule has 1 aliphatic heterocycles. The molecule has 1 aliphatic rings. The molecule has 1 heterocycles. The maximum Gasteiger partial charge on any atom is 0.328 e. The molecule has 0 radical (unpaired) electrons. The van der Waals surface area contributed by atoms with Crippen LogP contribution in [0.5, 0.6) is 5.75 Å². The van der Waals surface area contributed by atoms with Crippen LogP contribution in [-0.4, -0.2) is 22.7 Å². The summed E-state index contributed by atoms with van der Waals surface area (Å²) in [5, 5.41) is 19.0. The molecule has 0 amide bonds. The van der Waals surface area contributed by atoms with Crippen molar-refractivity contribution in [2.75, 3.05) is 11.4 Å². The van der Waals surface area contributed by atoms with Crippen LogP contribution in [-0.2, 0) is 23.2 Å². The average Bonchev–Trinajstić information content (AvgIpc) is 2.82. The summed E-state index contributed by atoms with van der Waals surface area (Å²) >= 11 is 0. The smallest absolute Gasteiger partial charge is 0.328 e. The Labute approximate surface area is 195 Å². The highest BCUT2D eigenvalue weighted by molar-refractivity contribution is 5.85. The van der Waals surface area contributed by atoms with Gasteiger partial charge in [-0.15, -0.1) is 0 Å². The predicted molar refractivity (Wildman–Crippen MR) is 134 cm³/mol. The van der Waals surface area contributed by atoms with E-state index in [1.54, 1.807) is 12.1 Å². The van der Waals surface area contributed by atoms with Crippen molar-refractivity contribution in [1.29, 1.82) is 0 Å². The fourth-order valence-corrected chi connectivity index (χ4v) is 4.87. The zero-order chi connectivity index (χ0) is 23.4. The lowest BCUT2D eigenvalue weighted by Gasteiger charge is -2.48. The van der Waals surface area contributed by atoms with Crippen molar-refractivity contribution in [3.8, 4) is 5.75 Å². The number of rotatable bonds is 7. The molecule has 0 bridgehead atoms. The lowest BCUT2D eigenvalue weighted by molar-refractivity contribution is -0.131. The van der Waals surface area contributed by atoms with E-state index in [0.717, 1.165) is 42.2 Å². The van der Waals surface area contributed by atoms with Crippen molar-refractivity contribution >= 4 is 17.7 Å². The van der Waals surface area contributed by atoms with E-state index in [1.807, 2.05) is 24.3 Å². The lowest BCUT2D eigenvalue weighted by atomic mass is 9.76.